The van der Waals surface area contributed by atoms with E-state index in [2.05, 4.69) is 19.9 Å². The predicted octanol–water partition coefficient (Wildman–Crippen LogP) is 1.54. The van der Waals surface area contributed by atoms with E-state index in [1.807, 2.05) is 43.1 Å². The lowest BCUT2D eigenvalue weighted by atomic mass is 10.2. The third-order valence-electron chi connectivity index (χ3n) is 4.17. The summed E-state index contributed by atoms with van der Waals surface area (Å²) < 4.78 is 0. The maximum atomic E-state index is 12.7. The number of hydrogen-bond acceptors (Lipinski definition) is 6. The first-order valence-corrected chi connectivity index (χ1v) is 8.85. The molecule has 0 atom stereocenters. The van der Waals surface area contributed by atoms with E-state index in [9.17, 15) is 4.79 Å². The van der Waals surface area contributed by atoms with Crippen molar-refractivity contribution in [3.8, 4) is 0 Å². The fourth-order valence-electron chi connectivity index (χ4n) is 3.04. The molecule has 0 radical (unpaired) electrons. The molecular weight excluding hydrogens is 346 g/mol. The van der Waals surface area contributed by atoms with Gasteiger partial charge in [-0.1, -0.05) is 6.07 Å². The fourth-order valence-corrected chi connectivity index (χ4v) is 3.04. The van der Waals surface area contributed by atoms with Crippen molar-refractivity contribution in [1.29, 1.82) is 0 Å². The van der Waals surface area contributed by atoms with Gasteiger partial charge in [-0.15, -0.1) is 0 Å². The molecule has 2 aromatic heterocycles. The van der Waals surface area contributed by atoms with Crippen molar-refractivity contribution in [3.63, 3.8) is 0 Å². The van der Waals surface area contributed by atoms with Crippen LogP contribution in [-0.2, 0) is 11.3 Å². The van der Waals surface area contributed by atoms with E-state index < -0.39 is 0 Å². The minimum Gasteiger partial charge on any atom is -0.483 e. The third-order valence-corrected chi connectivity index (χ3v) is 4.17. The number of carbonyl (C=O) groups is 2. The molecule has 8 nitrogen and oxygen atoms in total. The molecule has 0 aromatic carbocycles. The number of amides is 1. The molecule has 2 aromatic rings. The summed E-state index contributed by atoms with van der Waals surface area (Å²) in [5.41, 5.74) is 2.40. The molecule has 1 saturated heterocycles. The molecule has 1 aliphatic rings. The summed E-state index contributed by atoms with van der Waals surface area (Å²) in [7, 11) is 0. The Bertz CT molecular complexity index is 734. The Balaban J connectivity index is 0.000000817. The highest BCUT2D eigenvalue weighted by Crippen LogP contribution is 2.11. The predicted molar refractivity (Wildman–Crippen MR) is 100 cm³/mol. The number of carboxylic acid groups (broad SMARTS) is 1. The van der Waals surface area contributed by atoms with Gasteiger partial charge in [-0.3, -0.25) is 19.5 Å². The van der Waals surface area contributed by atoms with Crippen molar-refractivity contribution in [3.05, 3.63) is 53.4 Å². The zero-order valence-electron chi connectivity index (χ0n) is 15.7. The summed E-state index contributed by atoms with van der Waals surface area (Å²) >= 11 is 0. The first-order chi connectivity index (χ1) is 13.0. The van der Waals surface area contributed by atoms with Crippen LogP contribution in [0.3, 0.4) is 0 Å². The van der Waals surface area contributed by atoms with Crippen LogP contribution in [0.2, 0.25) is 0 Å². The monoisotopic (exact) mass is 371 g/mol. The number of rotatable bonds is 3. The standard InChI is InChI=1S/C18H23N5O.CH2O2/c1-14-12-17(21-15(2)20-14)18(24)23-9-5-8-22(10-11-23)13-16-6-3-4-7-19-16;2-1-3/h3-4,6-7,12H,5,8-11,13H2,1-2H3;1H,(H,2,3). The second-order valence-electron chi connectivity index (χ2n) is 6.29. The van der Waals surface area contributed by atoms with Gasteiger partial charge in [-0.25, -0.2) is 9.97 Å². The van der Waals surface area contributed by atoms with Crippen LogP contribution >= 0.6 is 0 Å². The van der Waals surface area contributed by atoms with Crippen LogP contribution in [0.25, 0.3) is 0 Å². The Kier molecular flexibility index (Phi) is 7.81. The molecule has 0 unspecified atom stereocenters. The van der Waals surface area contributed by atoms with E-state index in [4.69, 9.17) is 9.90 Å². The molecule has 1 fully saturated rings. The molecule has 8 heteroatoms. The molecule has 3 rings (SSSR count). The highest BCUT2D eigenvalue weighted by atomic mass is 16.3. The maximum Gasteiger partial charge on any atom is 0.290 e. The van der Waals surface area contributed by atoms with Gasteiger partial charge in [0.05, 0.1) is 5.69 Å². The average Bonchev–Trinajstić information content (AvgIpc) is 2.87. The molecule has 0 aliphatic carbocycles. The highest BCUT2D eigenvalue weighted by Gasteiger charge is 2.22. The van der Waals surface area contributed by atoms with Crippen molar-refractivity contribution in [2.45, 2.75) is 26.8 Å². The van der Waals surface area contributed by atoms with Gasteiger partial charge in [-0.05, 0) is 38.5 Å². The van der Waals surface area contributed by atoms with Crippen LogP contribution in [0, 0.1) is 13.8 Å². The molecule has 0 saturated carbocycles. The van der Waals surface area contributed by atoms with Gasteiger partial charge in [0.15, 0.2) is 0 Å². The summed E-state index contributed by atoms with van der Waals surface area (Å²) in [6.45, 7) is 7.60. The van der Waals surface area contributed by atoms with Gasteiger partial charge >= 0.3 is 0 Å². The lowest BCUT2D eigenvalue weighted by Gasteiger charge is -2.21. The van der Waals surface area contributed by atoms with E-state index in [0.29, 0.717) is 18.1 Å². The number of hydrogen-bond donors (Lipinski definition) is 1. The molecule has 0 bridgehead atoms. The van der Waals surface area contributed by atoms with Crippen LogP contribution in [0.4, 0.5) is 0 Å². The summed E-state index contributed by atoms with van der Waals surface area (Å²) in [6.07, 6.45) is 2.78. The fraction of sp³-hybridized carbons (Fsp3) is 0.421. The van der Waals surface area contributed by atoms with E-state index in [1.54, 1.807) is 6.07 Å². The largest absolute Gasteiger partial charge is 0.483 e. The van der Waals surface area contributed by atoms with Crippen molar-refractivity contribution >= 4 is 12.4 Å². The molecule has 3 heterocycles. The van der Waals surface area contributed by atoms with E-state index >= 15 is 0 Å². The number of aromatic nitrogens is 3. The molecular formula is C19H25N5O3. The lowest BCUT2D eigenvalue weighted by Crippen LogP contribution is -2.35. The Morgan fingerprint density at radius 1 is 1.19 bits per heavy atom. The van der Waals surface area contributed by atoms with E-state index in [-0.39, 0.29) is 12.4 Å². The van der Waals surface area contributed by atoms with E-state index in [1.165, 1.54) is 0 Å². The maximum absolute atomic E-state index is 12.7. The Morgan fingerprint density at radius 3 is 2.63 bits per heavy atom. The normalized spacial score (nSPS) is 14.7. The molecule has 1 aliphatic heterocycles. The molecule has 27 heavy (non-hydrogen) atoms. The minimum absolute atomic E-state index is 0.00304. The first-order valence-electron chi connectivity index (χ1n) is 8.85. The third kappa shape index (κ3) is 6.41. The van der Waals surface area contributed by atoms with Gasteiger partial charge in [0, 0.05) is 44.6 Å². The molecule has 0 spiro atoms. The SMILES string of the molecule is Cc1cc(C(=O)N2CCCN(Cc3ccccn3)CC2)nc(C)n1.O=CO. The highest BCUT2D eigenvalue weighted by molar-refractivity contribution is 5.92. The van der Waals surface area contributed by atoms with Crippen LogP contribution < -0.4 is 0 Å². The number of aryl methyl sites for hydroxylation is 2. The smallest absolute Gasteiger partial charge is 0.290 e. The molecule has 1 amide bonds. The zero-order valence-corrected chi connectivity index (χ0v) is 15.7. The summed E-state index contributed by atoms with van der Waals surface area (Å²) in [6, 6.07) is 7.75. The van der Waals surface area contributed by atoms with Crippen LogP contribution in [0.1, 0.15) is 34.1 Å². The van der Waals surface area contributed by atoms with Crippen molar-refractivity contribution in [1.82, 2.24) is 24.8 Å². The van der Waals surface area contributed by atoms with Gasteiger partial charge < -0.3 is 10.0 Å². The second kappa shape index (κ2) is 10.3. The summed E-state index contributed by atoms with van der Waals surface area (Å²) in [4.78, 5) is 38.3. The topological polar surface area (TPSA) is 99.5 Å². The Labute approximate surface area is 158 Å². The van der Waals surface area contributed by atoms with Crippen LogP contribution in [0.15, 0.2) is 30.5 Å². The van der Waals surface area contributed by atoms with Gasteiger partial charge in [0.2, 0.25) is 0 Å². The zero-order chi connectivity index (χ0) is 19.6. The quantitative estimate of drug-likeness (QED) is 0.817. The summed E-state index contributed by atoms with van der Waals surface area (Å²) in [5, 5.41) is 6.89. The van der Waals surface area contributed by atoms with Crippen molar-refractivity contribution in [2.24, 2.45) is 0 Å². The minimum atomic E-state index is -0.250. The van der Waals surface area contributed by atoms with Crippen LogP contribution in [-0.4, -0.2) is 68.4 Å². The number of nitrogens with zero attached hydrogens (tertiary/aromatic N) is 5. The van der Waals surface area contributed by atoms with Crippen molar-refractivity contribution in [2.75, 3.05) is 26.2 Å². The molecule has 144 valence electrons. The van der Waals surface area contributed by atoms with Gasteiger partial charge in [-0.2, -0.15) is 0 Å². The number of pyridine rings is 1. The van der Waals surface area contributed by atoms with Crippen molar-refractivity contribution < 1.29 is 14.7 Å². The lowest BCUT2D eigenvalue weighted by molar-refractivity contribution is -0.122. The summed E-state index contributed by atoms with van der Waals surface area (Å²) in [5.74, 6) is 0.647. The van der Waals surface area contributed by atoms with E-state index in [0.717, 1.165) is 44.0 Å². The van der Waals surface area contributed by atoms with Gasteiger partial charge in [0.1, 0.15) is 11.5 Å². The molecule has 1 N–H and O–H groups in total. The first kappa shape index (κ1) is 20.4. The Morgan fingerprint density at radius 2 is 1.96 bits per heavy atom. The average molecular weight is 371 g/mol. The number of carbonyl (C=O) groups excluding carboxylic acids is 1. The Hall–Kier alpha value is -2.87. The van der Waals surface area contributed by atoms with Gasteiger partial charge in [0.25, 0.3) is 12.4 Å². The second-order valence-corrected chi connectivity index (χ2v) is 6.29. The van der Waals surface area contributed by atoms with Crippen LogP contribution in [0.5, 0.6) is 0 Å².